The van der Waals surface area contributed by atoms with E-state index < -0.39 is 23.7 Å². The maximum atomic E-state index is 13.6. The van der Waals surface area contributed by atoms with Crippen LogP contribution in [0.2, 0.25) is 0 Å². The Kier molecular flexibility index (Phi) is 27.3. The summed E-state index contributed by atoms with van der Waals surface area (Å²) in [6, 6.07) is 7.84. The van der Waals surface area contributed by atoms with E-state index in [1.54, 1.807) is 0 Å². The van der Waals surface area contributed by atoms with E-state index in [2.05, 4.69) is 103 Å². The van der Waals surface area contributed by atoms with Crippen molar-refractivity contribution in [1.82, 2.24) is 19.6 Å². The Morgan fingerprint density at radius 3 is 0.635 bits per heavy atom. The maximum Gasteiger partial charge on any atom is 0.127 e. The van der Waals surface area contributed by atoms with Gasteiger partial charge in [0.15, 0.2) is 0 Å². The molecule has 4 aliphatic heterocycles. The van der Waals surface area contributed by atoms with Gasteiger partial charge in [0, 0.05) is 119 Å². The summed E-state index contributed by atoms with van der Waals surface area (Å²) in [5.41, 5.74) is 5.51. The number of phenols is 8. The highest BCUT2D eigenvalue weighted by Crippen LogP contribution is 2.57. The number of hydrogen-bond donors (Lipinski definition) is 8. The second-order valence-electron chi connectivity index (χ2n) is 31.2. The first kappa shape index (κ1) is 75.2. The van der Waals surface area contributed by atoms with Crippen molar-refractivity contribution in [3.63, 3.8) is 0 Å². The lowest BCUT2D eigenvalue weighted by atomic mass is 9.74. The van der Waals surface area contributed by atoms with E-state index in [-0.39, 0.29) is 96.3 Å². The summed E-state index contributed by atoms with van der Waals surface area (Å²) in [6.07, 6.45) is 15.2. The van der Waals surface area contributed by atoms with Gasteiger partial charge in [0.1, 0.15) is 46.0 Å². The maximum absolute atomic E-state index is 13.6. The molecule has 536 valence electrons. The van der Waals surface area contributed by atoms with Crippen molar-refractivity contribution in [3.05, 3.63) is 91.0 Å². The molecule has 9 rings (SSSR count). The van der Waals surface area contributed by atoms with Crippen LogP contribution in [0, 0.1) is 23.7 Å². The molecule has 4 heterocycles. The second kappa shape index (κ2) is 34.8. The molecule has 4 aromatic carbocycles. The van der Waals surface area contributed by atoms with Crippen LogP contribution in [-0.2, 0) is 45.1 Å². The zero-order valence-corrected chi connectivity index (χ0v) is 60.9. The van der Waals surface area contributed by atoms with E-state index in [0.29, 0.717) is 169 Å². The summed E-state index contributed by atoms with van der Waals surface area (Å²) in [4.78, 5) is 8.82. The van der Waals surface area contributed by atoms with E-state index in [1.165, 1.54) is 0 Å². The Labute approximate surface area is 576 Å². The number of rotatable bonds is 32. The van der Waals surface area contributed by atoms with Crippen LogP contribution in [0.15, 0.2) is 24.3 Å². The van der Waals surface area contributed by atoms with Crippen molar-refractivity contribution in [2.75, 3.05) is 53.4 Å². The van der Waals surface area contributed by atoms with E-state index in [1.807, 2.05) is 24.3 Å². The Bertz CT molecular complexity index is 2640. The Balaban J connectivity index is 1.47. The molecule has 16 nitrogen and oxygen atoms in total. The topological polar surface area (TPSA) is 212 Å². The van der Waals surface area contributed by atoms with Gasteiger partial charge in [-0.1, -0.05) is 160 Å². The number of aromatic hydroxyl groups is 8. The van der Waals surface area contributed by atoms with Crippen molar-refractivity contribution in [1.29, 1.82) is 0 Å². The standard InChI is InChI=1S/C80H124N4O12/c1-13-17-21-25-57-61-33-63(75(87)69(73(61)85)37-81-45-93-41-53(81)29-49(5)6)58(26-22-18-14-2)65-35-67(79(91)71(77(65)89)39-83-47-95-43-55(83)31-51(9)10)60(28-24-20-16-4)68-36-66(78(90)72(80(68)92)40-84-48-96-44-56(84)32-52(11)12)59(27-23-19-15-3)64-34-62(57)74(86)70(76(64)88)38-82-46-94-42-54(82)30-50(7)8/h33-36,49-60,85-92H,13-32,37-48H2,1-12H3/t53-,54-,55-,56-,57?,58?,59?,60?/m0/s1. The fraction of sp³-hybridized carbons (Fsp3) is 0.700. The summed E-state index contributed by atoms with van der Waals surface area (Å²) in [5, 5.41) is 109. The molecule has 8 N–H and O–H groups in total. The second-order valence-corrected chi connectivity index (χ2v) is 31.2. The van der Waals surface area contributed by atoms with E-state index in [4.69, 9.17) is 18.9 Å². The summed E-state index contributed by atoms with van der Waals surface area (Å²) in [6.45, 7) is 30.1. The van der Waals surface area contributed by atoms with Gasteiger partial charge in [0.2, 0.25) is 0 Å². The first-order valence-corrected chi connectivity index (χ1v) is 37.7. The number of fused-ring (bicyclic) bond motifs is 8. The van der Waals surface area contributed by atoms with Crippen LogP contribution in [0.5, 0.6) is 46.0 Å². The molecule has 4 aromatic rings. The van der Waals surface area contributed by atoms with Crippen LogP contribution < -0.4 is 0 Å². The molecule has 0 aromatic heterocycles. The summed E-state index contributed by atoms with van der Waals surface area (Å²) >= 11 is 0. The minimum atomic E-state index is -0.709. The summed E-state index contributed by atoms with van der Waals surface area (Å²) in [7, 11) is 0. The molecule has 16 heteroatoms. The third-order valence-corrected chi connectivity index (χ3v) is 21.9. The fourth-order valence-corrected chi connectivity index (χ4v) is 16.7. The number of hydrogen-bond acceptors (Lipinski definition) is 16. The third kappa shape index (κ3) is 17.4. The minimum absolute atomic E-state index is 0.00717. The summed E-state index contributed by atoms with van der Waals surface area (Å²) in [5.74, 6) is -2.08. The molecule has 4 fully saturated rings. The Hall–Kier alpha value is -5.04. The highest BCUT2D eigenvalue weighted by molar-refractivity contribution is 5.68. The number of phenolic OH excluding ortho intramolecular Hbond substituents is 8. The largest absolute Gasteiger partial charge is 0.507 e. The molecule has 96 heavy (non-hydrogen) atoms. The van der Waals surface area contributed by atoms with Crippen molar-refractivity contribution >= 4 is 0 Å². The highest BCUT2D eigenvalue weighted by Gasteiger charge is 2.41. The normalized spacial score (nSPS) is 23.0. The van der Waals surface area contributed by atoms with Crippen molar-refractivity contribution < 1.29 is 59.8 Å². The quantitative estimate of drug-likeness (QED) is 0.0214. The van der Waals surface area contributed by atoms with Gasteiger partial charge in [-0.05, 0) is 99.3 Å². The first-order valence-electron chi connectivity index (χ1n) is 37.7. The van der Waals surface area contributed by atoms with Gasteiger partial charge in [0.25, 0.3) is 0 Å². The van der Waals surface area contributed by atoms with Crippen molar-refractivity contribution in [2.45, 2.75) is 286 Å². The van der Waals surface area contributed by atoms with Crippen LogP contribution >= 0.6 is 0 Å². The summed E-state index contributed by atoms with van der Waals surface area (Å²) < 4.78 is 24.9. The molecule has 0 amide bonds. The van der Waals surface area contributed by atoms with E-state index in [0.717, 1.165) is 103 Å². The van der Waals surface area contributed by atoms with Crippen LogP contribution in [0.1, 0.15) is 302 Å². The van der Waals surface area contributed by atoms with Crippen LogP contribution in [0.25, 0.3) is 0 Å². The SMILES string of the molecule is CCCCCC1c2cc(c(O)c(CN3COC[C@@H]3CC(C)C)c2O)C(CCCCC)c2cc(c(O)c(CN3COC[C@@H]3CC(C)C)c2O)C(CCCCC)c2cc(c(O)c(CN3COC[C@@H]3CC(C)C)c2O)C(CCCCC)c2cc1c(O)c(CN1COC[C@@H]1CC(C)C)c2O. The average Bonchev–Trinajstić information content (AvgIpc) is 0.786. The van der Waals surface area contributed by atoms with Gasteiger partial charge >= 0.3 is 0 Å². The Morgan fingerprint density at radius 2 is 0.479 bits per heavy atom. The molecule has 0 unspecified atom stereocenters. The van der Waals surface area contributed by atoms with Gasteiger partial charge in [-0.25, -0.2) is 0 Å². The van der Waals surface area contributed by atoms with Gasteiger partial charge in [-0.2, -0.15) is 0 Å². The molecular weight excluding hydrogens is 1210 g/mol. The molecular formula is C80H124N4O12. The van der Waals surface area contributed by atoms with Crippen LogP contribution in [0.4, 0.5) is 0 Å². The first-order chi connectivity index (χ1) is 46.1. The van der Waals surface area contributed by atoms with E-state index in [9.17, 15) is 40.9 Å². The average molecular weight is 1330 g/mol. The van der Waals surface area contributed by atoms with Crippen LogP contribution in [0.3, 0.4) is 0 Å². The zero-order valence-electron chi connectivity index (χ0n) is 60.9. The highest BCUT2D eigenvalue weighted by atomic mass is 16.5. The number of unbranched alkanes of at least 4 members (excludes halogenated alkanes) is 8. The number of nitrogens with zero attached hydrogens (tertiary/aromatic N) is 4. The Morgan fingerprint density at radius 1 is 0.302 bits per heavy atom. The van der Waals surface area contributed by atoms with Crippen LogP contribution in [-0.4, -0.2) is 138 Å². The minimum Gasteiger partial charge on any atom is -0.507 e. The van der Waals surface area contributed by atoms with E-state index >= 15 is 0 Å². The predicted molar refractivity (Wildman–Crippen MR) is 381 cm³/mol. The predicted octanol–water partition coefficient (Wildman–Crippen LogP) is 17.3. The third-order valence-electron chi connectivity index (χ3n) is 21.9. The van der Waals surface area contributed by atoms with Gasteiger partial charge < -0.3 is 59.8 Å². The molecule has 4 saturated heterocycles. The monoisotopic (exact) mass is 1330 g/mol. The molecule has 0 spiro atoms. The van der Waals surface area contributed by atoms with Crippen molar-refractivity contribution in [3.8, 4) is 46.0 Å². The molecule has 0 radical (unpaired) electrons. The zero-order chi connectivity index (χ0) is 69.1. The number of benzene rings is 4. The fourth-order valence-electron chi connectivity index (χ4n) is 16.7. The smallest absolute Gasteiger partial charge is 0.127 e. The number of ether oxygens (including phenoxy) is 4. The lowest BCUT2D eigenvalue weighted by Crippen LogP contribution is -2.32. The van der Waals surface area contributed by atoms with Gasteiger partial charge in [-0.15, -0.1) is 0 Å². The lowest BCUT2D eigenvalue weighted by Gasteiger charge is -2.33. The molecule has 4 atom stereocenters. The lowest BCUT2D eigenvalue weighted by molar-refractivity contribution is 0.131. The van der Waals surface area contributed by atoms with Crippen molar-refractivity contribution in [2.24, 2.45) is 23.7 Å². The molecule has 0 saturated carbocycles. The van der Waals surface area contributed by atoms with Gasteiger partial charge in [-0.3, -0.25) is 19.6 Å². The molecule has 8 bridgehead atoms. The van der Waals surface area contributed by atoms with Gasteiger partial charge in [0.05, 0.1) is 75.6 Å². The molecule has 5 aliphatic rings. The molecule has 1 aliphatic carbocycles.